The third-order valence-corrected chi connectivity index (χ3v) is 4.39. The van der Waals surface area contributed by atoms with Crippen LogP contribution in [0.1, 0.15) is 18.4 Å². The van der Waals surface area contributed by atoms with Gasteiger partial charge in [-0.3, -0.25) is 4.79 Å². The van der Waals surface area contributed by atoms with Gasteiger partial charge in [-0.2, -0.15) is 0 Å². The lowest BCUT2D eigenvalue weighted by Gasteiger charge is -2.34. The third kappa shape index (κ3) is 4.04. The number of amides is 2. The summed E-state index contributed by atoms with van der Waals surface area (Å²) in [6.07, 6.45) is -0.124. The summed E-state index contributed by atoms with van der Waals surface area (Å²) in [7, 11) is 0. The fraction of sp³-hybridized carbons (Fsp3) is 0.421. The molecule has 0 radical (unpaired) electrons. The highest BCUT2D eigenvalue weighted by Gasteiger charge is 2.26. The molecule has 3 rings (SSSR count). The van der Waals surface area contributed by atoms with E-state index in [0.29, 0.717) is 50.1 Å². The molecule has 1 aromatic carbocycles. The molecule has 0 spiro atoms. The summed E-state index contributed by atoms with van der Waals surface area (Å²) in [4.78, 5) is 32.2. The minimum absolute atomic E-state index is 0.00970. The Morgan fingerprint density at radius 1 is 1.12 bits per heavy atom. The Balaban J connectivity index is 1.59. The maximum atomic E-state index is 12.6. The molecule has 0 atom stereocenters. The molecular formula is C19H23N3O4. The van der Waals surface area contributed by atoms with Crippen LogP contribution in [0.2, 0.25) is 0 Å². The normalized spacial score (nSPS) is 14.4. The van der Waals surface area contributed by atoms with Gasteiger partial charge in [0, 0.05) is 31.7 Å². The fourth-order valence-electron chi connectivity index (χ4n) is 2.90. The van der Waals surface area contributed by atoms with Gasteiger partial charge in [0.1, 0.15) is 5.76 Å². The molecule has 0 bridgehead atoms. The quantitative estimate of drug-likeness (QED) is 0.840. The lowest BCUT2D eigenvalue weighted by Crippen LogP contribution is -2.51. The molecule has 1 aromatic heterocycles. The van der Waals surface area contributed by atoms with Crippen LogP contribution in [0.4, 0.5) is 4.79 Å². The number of carbonyl (C=O) groups is 2. The van der Waals surface area contributed by atoms with Gasteiger partial charge in [-0.05, 0) is 26.0 Å². The van der Waals surface area contributed by atoms with Crippen LogP contribution in [0.5, 0.6) is 0 Å². The van der Waals surface area contributed by atoms with E-state index < -0.39 is 0 Å². The van der Waals surface area contributed by atoms with E-state index in [1.165, 1.54) is 0 Å². The van der Waals surface area contributed by atoms with Gasteiger partial charge in [0.05, 0.1) is 18.7 Å². The average molecular weight is 357 g/mol. The number of aryl methyl sites for hydroxylation is 1. The van der Waals surface area contributed by atoms with Crippen molar-refractivity contribution in [2.45, 2.75) is 20.3 Å². The first-order valence-electron chi connectivity index (χ1n) is 8.79. The van der Waals surface area contributed by atoms with E-state index >= 15 is 0 Å². The molecule has 1 fully saturated rings. The first kappa shape index (κ1) is 18.0. The van der Waals surface area contributed by atoms with Gasteiger partial charge in [-0.15, -0.1) is 0 Å². The highest BCUT2D eigenvalue weighted by atomic mass is 16.6. The van der Waals surface area contributed by atoms with Crippen LogP contribution < -0.4 is 0 Å². The van der Waals surface area contributed by atoms with Gasteiger partial charge >= 0.3 is 6.09 Å². The topological polar surface area (TPSA) is 75.9 Å². The highest BCUT2D eigenvalue weighted by Crippen LogP contribution is 2.22. The third-order valence-electron chi connectivity index (χ3n) is 4.39. The predicted octanol–water partition coefficient (Wildman–Crippen LogP) is 2.49. The minimum atomic E-state index is -0.320. The van der Waals surface area contributed by atoms with Crippen molar-refractivity contribution in [1.82, 2.24) is 14.8 Å². The lowest BCUT2D eigenvalue weighted by molar-refractivity contribution is -0.132. The number of piperazine rings is 1. The summed E-state index contributed by atoms with van der Waals surface area (Å²) in [5.41, 5.74) is 1.54. The van der Waals surface area contributed by atoms with E-state index in [4.69, 9.17) is 9.15 Å². The highest BCUT2D eigenvalue weighted by molar-refractivity contribution is 5.79. The Kier molecular flexibility index (Phi) is 5.55. The minimum Gasteiger partial charge on any atom is -0.450 e. The molecule has 2 heterocycles. The molecule has 2 amide bonds. The molecule has 7 nitrogen and oxygen atoms in total. The molecule has 0 unspecified atom stereocenters. The summed E-state index contributed by atoms with van der Waals surface area (Å²) in [6.45, 7) is 5.92. The van der Waals surface area contributed by atoms with Crippen molar-refractivity contribution < 1.29 is 18.7 Å². The van der Waals surface area contributed by atoms with E-state index in [1.807, 2.05) is 37.3 Å². The zero-order valence-corrected chi connectivity index (χ0v) is 15.1. The number of ether oxygens (including phenoxy) is 1. The molecule has 26 heavy (non-hydrogen) atoms. The van der Waals surface area contributed by atoms with Crippen molar-refractivity contribution >= 4 is 12.0 Å². The Morgan fingerprint density at radius 3 is 2.42 bits per heavy atom. The van der Waals surface area contributed by atoms with Crippen LogP contribution in [0.3, 0.4) is 0 Å². The predicted molar refractivity (Wildman–Crippen MR) is 95.6 cm³/mol. The number of aromatic nitrogens is 1. The van der Waals surface area contributed by atoms with Crippen molar-refractivity contribution in [3.05, 3.63) is 41.8 Å². The van der Waals surface area contributed by atoms with Crippen LogP contribution >= 0.6 is 0 Å². The number of hydrogen-bond acceptors (Lipinski definition) is 5. The second-order valence-corrected chi connectivity index (χ2v) is 6.13. The van der Waals surface area contributed by atoms with Crippen molar-refractivity contribution in [3.63, 3.8) is 0 Å². The van der Waals surface area contributed by atoms with Crippen LogP contribution in [-0.4, -0.2) is 59.6 Å². The molecule has 2 aromatic rings. The van der Waals surface area contributed by atoms with E-state index in [-0.39, 0.29) is 18.4 Å². The molecule has 0 N–H and O–H groups in total. The van der Waals surface area contributed by atoms with Crippen molar-refractivity contribution in [3.8, 4) is 11.5 Å². The Morgan fingerprint density at radius 2 is 1.77 bits per heavy atom. The van der Waals surface area contributed by atoms with Crippen LogP contribution in [0, 0.1) is 6.92 Å². The summed E-state index contributed by atoms with van der Waals surface area (Å²) in [5, 5.41) is 0. The monoisotopic (exact) mass is 357 g/mol. The first-order chi connectivity index (χ1) is 12.6. The standard InChI is InChI=1S/C19H23N3O4/c1-3-25-19(24)22-11-9-21(10-12-22)17(23)13-16-14(2)26-18(20-16)15-7-5-4-6-8-15/h4-8H,3,9-13H2,1-2H3. The second kappa shape index (κ2) is 8.03. The summed E-state index contributed by atoms with van der Waals surface area (Å²) in [6, 6.07) is 9.61. The molecule has 138 valence electrons. The smallest absolute Gasteiger partial charge is 0.409 e. The van der Waals surface area contributed by atoms with E-state index in [1.54, 1.807) is 16.7 Å². The maximum Gasteiger partial charge on any atom is 0.409 e. The molecule has 0 saturated carbocycles. The second-order valence-electron chi connectivity index (χ2n) is 6.13. The van der Waals surface area contributed by atoms with Crippen molar-refractivity contribution in [1.29, 1.82) is 0 Å². The molecule has 1 saturated heterocycles. The molecule has 7 heteroatoms. The maximum absolute atomic E-state index is 12.6. The fourth-order valence-corrected chi connectivity index (χ4v) is 2.90. The van der Waals surface area contributed by atoms with Gasteiger partial charge in [-0.25, -0.2) is 9.78 Å². The summed E-state index contributed by atoms with van der Waals surface area (Å²) < 4.78 is 10.7. The molecule has 1 aliphatic heterocycles. The van der Waals surface area contributed by atoms with Gasteiger partial charge in [0.25, 0.3) is 0 Å². The molecule has 1 aliphatic rings. The lowest BCUT2D eigenvalue weighted by atomic mass is 10.2. The molecule has 0 aliphatic carbocycles. The van der Waals surface area contributed by atoms with Gasteiger partial charge in [0.15, 0.2) is 0 Å². The summed E-state index contributed by atoms with van der Waals surface area (Å²) >= 11 is 0. The van der Waals surface area contributed by atoms with E-state index in [9.17, 15) is 9.59 Å². The van der Waals surface area contributed by atoms with Crippen LogP contribution in [0.15, 0.2) is 34.7 Å². The Labute approximate surface area is 152 Å². The van der Waals surface area contributed by atoms with Crippen LogP contribution in [0.25, 0.3) is 11.5 Å². The van der Waals surface area contributed by atoms with Crippen LogP contribution in [-0.2, 0) is 16.0 Å². The number of oxazole rings is 1. The number of hydrogen-bond donors (Lipinski definition) is 0. The zero-order valence-electron chi connectivity index (χ0n) is 15.1. The van der Waals surface area contributed by atoms with Gasteiger partial charge < -0.3 is 19.0 Å². The molecular weight excluding hydrogens is 334 g/mol. The van der Waals surface area contributed by atoms with Crippen molar-refractivity contribution in [2.75, 3.05) is 32.8 Å². The van der Waals surface area contributed by atoms with Crippen molar-refractivity contribution in [2.24, 2.45) is 0 Å². The van der Waals surface area contributed by atoms with Gasteiger partial charge in [-0.1, -0.05) is 18.2 Å². The number of rotatable bonds is 4. The Hall–Kier alpha value is -2.83. The largest absolute Gasteiger partial charge is 0.450 e. The van der Waals surface area contributed by atoms with E-state index in [2.05, 4.69) is 4.98 Å². The number of carbonyl (C=O) groups excluding carboxylic acids is 2. The average Bonchev–Trinajstić information content (AvgIpc) is 3.03. The first-order valence-corrected chi connectivity index (χ1v) is 8.79. The number of benzene rings is 1. The Bertz CT molecular complexity index is 764. The number of nitrogens with zero attached hydrogens (tertiary/aromatic N) is 3. The van der Waals surface area contributed by atoms with Gasteiger partial charge in [0.2, 0.25) is 11.8 Å². The zero-order chi connectivity index (χ0) is 18.5. The summed E-state index contributed by atoms with van der Waals surface area (Å²) in [5.74, 6) is 1.17. The van der Waals surface area contributed by atoms with E-state index in [0.717, 1.165) is 5.56 Å². The SMILES string of the molecule is CCOC(=O)N1CCN(C(=O)Cc2nc(-c3ccccc3)oc2C)CC1.